The molecule has 0 saturated heterocycles. The lowest BCUT2D eigenvalue weighted by atomic mass is 10.2. The molecule has 2 rings (SSSR count). The Labute approximate surface area is 121 Å². The average molecular weight is 368 g/mol. The first-order chi connectivity index (χ1) is 8.60. The number of anilines is 1. The number of nitriles is 1. The smallest absolute Gasteiger partial charge is 0.145 e. The van der Waals surface area contributed by atoms with E-state index >= 15 is 0 Å². The fraction of sp³-hybridized carbons (Fsp3) is 0. The zero-order valence-corrected chi connectivity index (χ0v) is 12.3. The molecule has 0 amide bonds. The molecule has 0 saturated carbocycles. The molecular weight excluding hydrogens is 360 g/mol. The second-order valence-corrected chi connectivity index (χ2v) is 5.31. The third kappa shape index (κ3) is 2.84. The molecule has 0 radical (unpaired) electrons. The monoisotopic (exact) mass is 366 g/mol. The van der Waals surface area contributed by atoms with Crippen LogP contribution in [0.4, 0.5) is 5.69 Å². The zero-order chi connectivity index (χ0) is 13.1. The standard InChI is InChI=1S/C13H8Br2N2O/c14-9-1-4-12(8(5-9)7-16)18-13-6-10(17)2-3-11(13)15/h1-6H,17H2. The lowest BCUT2D eigenvalue weighted by Crippen LogP contribution is -1.91. The highest BCUT2D eigenvalue weighted by atomic mass is 79.9. The van der Waals surface area contributed by atoms with E-state index < -0.39 is 0 Å². The van der Waals surface area contributed by atoms with Crippen molar-refractivity contribution in [3.05, 3.63) is 50.9 Å². The molecule has 18 heavy (non-hydrogen) atoms. The number of rotatable bonds is 2. The summed E-state index contributed by atoms with van der Waals surface area (Å²) in [5.41, 5.74) is 6.76. The second kappa shape index (κ2) is 5.42. The van der Waals surface area contributed by atoms with Crippen molar-refractivity contribution in [2.45, 2.75) is 0 Å². The Bertz CT molecular complexity index is 635. The van der Waals surface area contributed by atoms with Crippen molar-refractivity contribution in [1.82, 2.24) is 0 Å². The molecule has 2 N–H and O–H groups in total. The molecule has 5 heteroatoms. The molecule has 2 aromatic carbocycles. The van der Waals surface area contributed by atoms with Crippen LogP contribution in [-0.2, 0) is 0 Å². The van der Waals surface area contributed by atoms with Crippen LogP contribution < -0.4 is 10.5 Å². The van der Waals surface area contributed by atoms with Gasteiger partial charge in [-0.05, 0) is 46.3 Å². The number of nitrogens with two attached hydrogens (primary N) is 1. The number of nitrogens with zero attached hydrogens (tertiary/aromatic N) is 1. The van der Waals surface area contributed by atoms with Crippen LogP contribution in [0.5, 0.6) is 11.5 Å². The van der Waals surface area contributed by atoms with E-state index in [0.29, 0.717) is 22.7 Å². The summed E-state index contributed by atoms with van der Waals surface area (Å²) in [6.07, 6.45) is 0. The van der Waals surface area contributed by atoms with Crippen LogP contribution in [0.2, 0.25) is 0 Å². The molecule has 3 nitrogen and oxygen atoms in total. The van der Waals surface area contributed by atoms with Gasteiger partial charge in [0, 0.05) is 16.2 Å². The summed E-state index contributed by atoms with van der Waals surface area (Å²) in [7, 11) is 0. The summed E-state index contributed by atoms with van der Waals surface area (Å²) in [5, 5.41) is 9.06. The number of hydrogen-bond donors (Lipinski definition) is 1. The van der Waals surface area contributed by atoms with Gasteiger partial charge in [0.05, 0.1) is 10.0 Å². The highest BCUT2D eigenvalue weighted by molar-refractivity contribution is 9.10. The van der Waals surface area contributed by atoms with Crippen LogP contribution in [0.25, 0.3) is 0 Å². The maximum absolute atomic E-state index is 9.06. The van der Waals surface area contributed by atoms with E-state index in [4.69, 9.17) is 15.7 Å². The minimum Gasteiger partial charge on any atom is -0.455 e. The molecule has 0 aliphatic heterocycles. The van der Waals surface area contributed by atoms with Gasteiger partial charge in [0.15, 0.2) is 0 Å². The number of halogens is 2. The van der Waals surface area contributed by atoms with Gasteiger partial charge in [-0.25, -0.2) is 0 Å². The highest BCUT2D eigenvalue weighted by Crippen LogP contribution is 2.33. The topological polar surface area (TPSA) is 59.0 Å². The lowest BCUT2D eigenvalue weighted by Gasteiger charge is -2.10. The van der Waals surface area contributed by atoms with E-state index in [9.17, 15) is 0 Å². The summed E-state index contributed by atoms with van der Waals surface area (Å²) >= 11 is 6.69. The van der Waals surface area contributed by atoms with Crippen LogP contribution in [0.15, 0.2) is 45.3 Å². The fourth-order valence-corrected chi connectivity index (χ4v) is 2.08. The van der Waals surface area contributed by atoms with Gasteiger partial charge in [0.1, 0.15) is 17.6 Å². The van der Waals surface area contributed by atoms with Gasteiger partial charge >= 0.3 is 0 Å². The first-order valence-corrected chi connectivity index (χ1v) is 6.61. The lowest BCUT2D eigenvalue weighted by molar-refractivity contribution is 0.478. The van der Waals surface area contributed by atoms with Crippen LogP contribution in [0.3, 0.4) is 0 Å². The van der Waals surface area contributed by atoms with E-state index in [2.05, 4.69) is 37.9 Å². The Morgan fingerprint density at radius 3 is 2.56 bits per heavy atom. The first kappa shape index (κ1) is 12.9. The third-order valence-corrected chi connectivity index (χ3v) is 3.39. The Morgan fingerprint density at radius 2 is 1.83 bits per heavy atom. The zero-order valence-electron chi connectivity index (χ0n) is 9.15. The van der Waals surface area contributed by atoms with Gasteiger partial charge in [0.2, 0.25) is 0 Å². The van der Waals surface area contributed by atoms with E-state index in [-0.39, 0.29) is 0 Å². The fourth-order valence-electron chi connectivity index (χ4n) is 1.40. The second-order valence-electron chi connectivity index (χ2n) is 3.54. The number of benzene rings is 2. The van der Waals surface area contributed by atoms with Gasteiger partial charge in [-0.1, -0.05) is 15.9 Å². The molecule has 0 aliphatic carbocycles. The number of ether oxygens (including phenoxy) is 1. The quantitative estimate of drug-likeness (QED) is 0.797. The van der Waals surface area contributed by atoms with E-state index in [1.54, 1.807) is 30.3 Å². The predicted molar refractivity (Wildman–Crippen MR) is 77.5 cm³/mol. The SMILES string of the molecule is N#Cc1cc(Br)ccc1Oc1cc(N)ccc1Br. The van der Waals surface area contributed by atoms with Crippen LogP contribution >= 0.6 is 31.9 Å². The molecule has 90 valence electrons. The van der Waals surface area contributed by atoms with Gasteiger partial charge in [-0.2, -0.15) is 5.26 Å². The molecule has 0 unspecified atom stereocenters. The summed E-state index contributed by atoms with van der Waals surface area (Å²) < 4.78 is 7.31. The maximum atomic E-state index is 9.06. The van der Waals surface area contributed by atoms with Crippen LogP contribution in [0, 0.1) is 11.3 Å². The molecule has 0 bridgehead atoms. The summed E-state index contributed by atoms with van der Waals surface area (Å²) in [6.45, 7) is 0. The van der Waals surface area contributed by atoms with Crippen molar-refractivity contribution < 1.29 is 4.74 Å². The van der Waals surface area contributed by atoms with Crippen molar-refractivity contribution in [2.24, 2.45) is 0 Å². The van der Waals surface area contributed by atoms with Crippen molar-refractivity contribution in [3.63, 3.8) is 0 Å². The molecule has 0 atom stereocenters. The van der Waals surface area contributed by atoms with Crippen molar-refractivity contribution in [2.75, 3.05) is 5.73 Å². The minimum absolute atomic E-state index is 0.457. The van der Waals surface area contributed by atoms with E-state index in [1.807, 2.05) is 6.07 Å². The average Bonchev–Trinajstić information content (AvgIpc) is 2.36. The molecular formula is C13H8Br2N2O. The van der Waals surface area contributed by atoms with Gasteiger partial charge in [0.25, 0.3) is 0 Å². The maximum Gasteiger partial charge on any atom is 0.145 e. The third-order valence-electron chi connectivity index (χ3n) is 2.24. The van der Waals surface area contributed by atoms with Crippen molar-refractivity contribution in [3.8, 4) is 17.6 Å². The largest absolute Gasteiger partial charge is 0.455 e. The van der Waals surface area contributed by atoms with E-state index in [0.717, 1.165) is 8.95 Å². The Hall–Kier alpha value is -1.51. The van der Waals surface area contributed by atoms with Crippen molar-refractivity contribution >= 4 is 37.5 Å². The number of hydrogen-bond acceptors (Lipinski definition) is 3. The van der Waals surface area contributed by atoms with Gasteiger partial charge in [-0.3, -0.25) is 0 Å². The highest BCUT2D eigenvalue weighted by Gasteiger charge is 2.08. The Morgan fingerprint density at radius 1 is 1.06 bits per heavy atom. The summed E-state index contributed by atoms with van der Waals surface area (Å²) in [6, 6.07) is 12.6. The minimum atomic E-state index is 0.457. The molecule has 0 fully saturated rings. The van der Waals surface area contributed by atoms with Crippen LogP contribution in [0.1, 0.15) is 5.56 Å². The van der Waals surface area contributed by atoms with Crippen LogP contribution in [-0.4, -0.2) is 0 Å². The van der Waals surface area contributed by atoms with Gasteiger partial charge < -0.3 is 10.5 Å². The first-order valence-electron chi connectivity index (χ1n) is 5.02. The molecule has 0 aliphatic rings. The van der Waals surface area contributed by atoms with E-state index in [1.165, 1.54) is 0 Å². The van der Waals surface area contributed by atoms with Gasteiger partial charge in [-0.15, -0.1) is 0 Å². The predicted octanol–water partition coefficient (Wildman–Crippen LogP) is 4.46. The summed E-state index contributed by atoms with van der Waals surface area (Å²) in [5.74, 6) is 1.07. The molecule has 0 heterocycles. The molecule has 2 aromatic rings. The Balaban J connectivity index is 2.40. The molecule has 0 spiro atoms. The number of nitrogen functional groups attached to an aromatic ring is 1. The summed E-state index contributed by atoms with van der Waals surface area (Å²) in [4.78, 5) is 0. The molecule has 0 aromatic heterocycles. The Kier molecular flexibility index (Phi) is 3.90. The van der Waals surface area contributed by atoms with Crippen molar-refractivity contribution in [1.29, 1.82) is 5.26 Å². The normalized spacial score (nSPS) is 9.83.